The maximum atomic E-state index is 6.23. The standard InChI is InChI=1S/C14H16BrN3S/c1-2-11(16)14(12-5-3-4-8-17-12)19-13-7-6-10(15)9-18-13/h3-9,11,14H,2,16H2,1H3. The minimum Gasteiger partial charge on any atom is -0.326 e. The molecule has 0 saturated carbocycles. The van der Waals surface area contributed by atoms with Gasteiger partial charge >= 0.3 is 0 Å². The van der Waals surface area contributed by atoms with E-state index in [1.807, 2.05) is 30.3 Å². The van der Waals surface area contributed by atoms with Crippen LogP contribution in [0.3, 0.4) is 0 Å². The van der Waals surface area contributed by atoms with Crippen molar-refractivity contribution < 1.29 is 0 Å². The van der Waals surface area contributed by atoms with Crippen molar-refractivity contribution in [3.05, 3.63) is 52.9 Å². The molecule has 0 aliphatic heterocycles. The normalized spacial score (nSPS) is 14.1. The number of rotatable bonds is 5. The van der Waals surface area contributed by atoms with Gasteiger partial charge in [-0.3, -0.25) is 4.98 Å². The van der Waals surface area contributed by atoms with Crippen LogP contribution in [0, 0.1) is 0 Å². The van der Waals surface area contributed by atoms with Gasteiger partial charge in [0.05, 0.1) is 16.0 Å². The van der Waals surface area contributed by atoms with Crippen LogP contribution in [0.4, 0.5) is 0 Å². The molecule has 2 unspecified atom stereocenters. The van der Waals surface area contributed by atoms with Gasteiger partial charge in [0.2, 0.25) is 0 Å². The van der Waals surface area contributed by atoms with Crippen LogP contribution in [-0.4, -0.2) is 16.0 Å². The van der Waals surface area contributed by atoms with Crippen LogP contribution in [-0.2, 0) is 0 Å². The summed E-state index contributed by atoms with van der Waals surface area (Å²) < 4.78 is 0.978. The fraction of sp³-hybridized carbons (Fsp3) is 0.286. The van der Waals surface area contributed by atoms with Gasteiger partial charge in [0.25, 0.3) is 0 Å². The lowest BCUT2D eigenvalue weighted by molar-refractivity contribution is 0.623. The van der Waals surface area contributed by atoms with Gasteiger partial charge in [0, 0.05) is 22.9 Å². The number of nitrogens with zero attached hydrogens (tertiary/aromatic N) is 2. The number of aromatic nitrogens is 2. The van der Waals surface area contributed by atoms with E-state index < -0.39 is 0 Å². The molecule has 2 rings (SSSR count). The van der Waals surface area contributed by atoms with Crippen LogP contribution < -0.4 is 5.73 Å². The highest BCUT2D eigenvalue weighted by Crippen LogP contribution is 2.36. The smallest absolute Gasteiger partial charge is 0.0967 e. The Labute approximate surface area is 126 Å². The maximum Gasteiger partial charge on any atom is 0.0967 e. The second-order valence-electron chi connectivity index (χ2n) is 4.18. The molecule has 0 spiro atoms. The summed E-state index contributed by atoms with van der Waals surface area (Å²) in [7, 11) is 0. The third-order valence-electron chi connectivity index (χ3n) is 2.79. The molecule has 0 aliphatic rings. The minimum atomic E-state index is 0.0605. The molecule has 3 nitrogen and oxygen atoms in total. The molecule has 0 aliphatic carbocycles. The monoisotopic (exact) mass is 337 g/mol. The lowest BCUT2D eigenvalue weighted by atomic mass is 10.1. The summed E-state index contributed by atoms with van der Waals surface area (Å²) in [4.78, 5) is 8.82. The summed E-state index contributed by atoms with van der Waals surface area (Å²) in [6, 6.07) is 9.97. The van der Waals surface area contributed by atoms with E-state index in [0.717, 1.165) is 21.6 Å². The predicted octanol–water partition coefficient (Wildman–Crippen LogP) is 3.81. The zero-order valence-corrected chi connectivity index (χ0v) is 13.1. The van der Waals surface area contributed by atoms with Crippen molar-refractivity contribution in [3.63, 3.8) is 0 Å². The summed E-state index contributed by atoms with van der Waals surface area (Å²) in [5, 5.41) is 1.09. The van der Waals surface area contributed by atoms with Gasteiger partial charge in [-0.2, -0.15) is 0 Å². The first-order valence-electron chi connectivity index (χ1n) is 6.15. The van der Waals surface area contributed by atoms with Crippen LogP contribution in [0.2, 0.25) is 0 Å². The Bertz CT molecular complexity index is 504. The molecule has 2 aromatic heterocycles. The van der Waals surface area contributed by atoms with Crippen LogP contribution in [0.5, 0.6) is 0 Å². The van der Waals surface area contributed by atoms with E-state index in [-0.39, 0.29) is 11.3 Å². The lowest BCUT2D eigenvalue weighted by Crippen LogP contribution is -2.26. The van der Waals surface area contributed by atoms with Gasteiger partial charge in [-0.15, -0.1) is 0 Å². The number of hydrogen-bond acceptors (Lipinski definition) is 4. The first-order valence-corrected chi connectivity index (χ1v) is 7.82. The van der Waals surface area contributed by atoms with Gasteiger partial charge < -0.3 is 5.73 Å². The average Bonchev–Trinajstić information content (AvgIpc) is 2.47. The number of thioether (sulfide) groups is 1. The molecule has 19 heavy (non-hydrogen) atoms. The third-order valence-corrected chi connectivity index (χ3v) is 4.58. The van der Waals surface area contributed by atoms with Crippen molar-refractivity contribution in [2.45, 2.75) is 29.7 Å². The Morgan fingerprint density at radius 2 is 2.11 bits per heavy atom. The molecule has 2 N–H and O–H groups in total. The van der Waals surface area contributed by atoms with Crippen molar-refractivity contribution in [3.8, 4) is 0 Å². The Balaban J connectivity index is 2.21. The second kappa shape index (κ2) is 7.03. The van der Waals surface area contributed by atoms with Gasteiger partial charge in [0.1, 0.15) is 0 Å². The van der Waals surface area contributed by atoms with Crippen LogP contribution in [0.1, 0.15) is 24.3 Å². The van der Waals surface area contributed by atoms with E-state index in [0.29, 0.717) is 0 Å². The molecule has 2 heterocycles. The molecular formula is C14H16BrN3S. The molecular weight excluding hydrogens is 322 g/mol. The highest BCUT2D eigenvalue weighted by molar-refractivity contribution is 9.10. The molecule has 0 fully saturated rings. The van der Waals surface area contributed by atoms with E-state index >= 15 is 0 Å². The van der Waals surface area contributed by atoms with Gasteiger partial charge in [-0.05, 0) is 46.6 Å². The molecule has 2 atom stereocenters. The summed E-state index contributed by atoms with van der Waals surface area (Å²) in [6.07, 6.45) is 4.51. The van der Waals surface area contributed by atoms with E-state index in [1.165, 1.54) is 0 Å². The second-order valence-corrected chi connectivity index (χ2v) is 6.26. The SMILES string of the molecule is CCC(N)C(Sc1ccc(Br)cn1)c1ccccn1. The van der Waals surface area contributed by atoms with Crippen molar-refractivity contribution in [2.75, 3.05) is 0 Å². The fourth-order valence-corrected chi connectivity index (χ4v) is 3.07. The van der Waals surface area contributed by atoms with E-state index in [9.17, 15) is 0 Å². The van der Waals surface area contributed by atoms with E-state index in [4.69, 9.17) is 5.73 Å². The van der Waals surface area contributed by atoms with Crippen LogP contribution in [0.25, 0.3) is 0 Å². The van der Waals surface area contributed by atoms with Crippen molar-refractivity contribution in [1.29, 1.82) is 0 Å². The number of hydrogen-bond donors (Lipinski definition) is 1. The summed E-state index contributed by atoms with van der Waals surface area (Å²) in [5.41, 5.74) is 7.24. The van der Waals surface area contributed by atoms with Crippen molar-refractivity contribution >= 4 is 27.7 Å². The molecule has 0 saturated heterocycles. The maximum absolute atomic E-state index is 6.23. The van der Waals surface area contributed by atoms with Gasteiger partial charge in [-0.1, -0.05) is 24.8 Å². The third kappa shape index (κ3) is 4.03. The van der Waals surface area contributed by atoms with Crippen LogP contribution >= 0.6 is 27.7 Å². The van der Waals surface area contributed by atoms with Crippen LogP contribution in [0.15, 0.2) is 52.2 Å². The first kappa shape index (κ1) is 14.5. The van der Waals surface area contributed by atoms with E-state index in [1.54, 1.807) is 24.2 Å². The Morgan fingerprint density at radius 3 is 2.68 bits per heavy atom. The molecule has 100 valence electrons. The summed E-state index contributed by atoms with van der Waals surface area (Å²) in [6.45, 7) is 2.09. The average molecular weight is 338 g/mol. The van der Waals surface area contributed by atoms with Crippen molar-refractivity contribution in [2.24, 2.45) is 5.73 Å². The number of nitrogens with two attached hydrogens (primary N) is 1. The molecule has 0 radical (unpaired) electrons. The minimum absolute atomic E-state index is 0.0605. The summed E-state index contributed by atoms with van der Waals surface area (Å²) >= 11 is 5.05. The predicted molar refractivity (Wildman–Crippen MR) is 83.0 cm³/mol. The quantitative estimate of drug-likeness (QED) is 0.843. The fourth-order valence-electron chi connectivity index (χ4n) is 1.69. The Hall–Kier alpha value is -0.910. The number of pyridine rings is 2. The Kier molecular flexibility index (Phi) is 5.36. The van der Waals surface area contributed by atoms with Crippen molar-refractivity contribution in [1.82, 2.24) is 9.97 Å². The largest absolute Gasteiger partial charge is 0.326 e. The first-order chi connectivity index (χ1) is 9.20. The van der Waals surface area contributed by atoms with E-state index in [2.05, 4.69) is 32.8 Å². The summed E-state index contributed by atoms with van der Waals surface area (Å²) in [5.74, 6) is 0. The molecule has 0 bridgehead atoms. The van der Waals surface area contributed by atoms with Gasteiger partial charge in [-0.25, -0.2) is 4.98 Å². The number of halogens is 1. The zero-order valence-electron chi connectivity index (χ0n) is 10.7. The molecule has 0 amide bonds. The Morgan fingerprint density at radius 1 is 1.26 bits per heavy atom. The molecule has 0 aromatic carbocycles. The zero-order chi connectivity index (χ0) is 13.7. The lowest BCUT2D eigenvalue weighted by Gasteiger charge is -2.21. The highest BCUT2D eigenvalue weighted by Gasteiger charge is 2.21. The van der Waals surface area contributed by atoms with Gasteiger partial charge in [0.15, 0.2) is 0 Å². The topological polar surface area (TPSA) is 51.8 Å². The molecule has 2 aromatic rings. The highest BCUT2D eigenvalue weighted by atomic mass is 79.9. The molecule has 5 heteroatoms.